The van der Waals surface area contributed by atoms with Crippen LogP contribution in [0.4, 0.5) is 5.69 Å². The molecule has 1 heterocycles. The summed E-state index contributed by atoms with van der Waals surface area (Å²) >= 11 is 0. The van der Waals surface area contributed by atoms with E-state index in [1.54, 1.807) is 11.1 Å². The van der Waals surface area contributed by atoms with Crippen LogP contribution in [-0.4, -0.2) is 6.54 Å². The van der Waals surface area contributed by atoms with E-state index in [4.69, 9.17) is 0 Å². The quantitative estimate of drug-likeness (QED) is 0.355. The maximum absolute atomic E-state index is 3.30. The zero-order valence-electron chi connectivity index (χ0n) is 15.7. The minimum Gasteiger partial charge on any atom is -0.384 e. The highest BCUT2D eigenvalue weighted by atomic mass is 14.9. The number of anilines is 1. The fourth-order valence-corrected chi connectivity index (χ4v) is 4.59. The standard InChI is InChI=1S/C18H16.C8H9N/c1-3-7-15-13(5-1)9-11-18-16-8-4-2-6-14(16)10-12-17(15)18;1-2-4-8-7(3-1)5-6-9-8/h1,3,5,7,9-12H,2,4,6,8H2;1-4,9H,5-6H2. The Hall–Kier alpha value is -2.80. The van der Waals surface area contributed by atoms with Gasteiger partial charge in [-0.05, 0) is 76.4 Å². The molecule has 0 saturated heterocycles. The molecule has 1 N–H and O–H groups in total. The summed E-state index contributed by atoms with van der Waals surface area (Å²) in [6.45, 7) is 1.11. The molecule has 1 aliphatic carbocycles. The molecule has 1 aliphatic heterocycles. The Bertz CT molecular complexity index is 1090. The predicted molar refractivity (Wildman–Crippen MR) is 117 cm³/mol. The molecule has 4 aromatic rings. The highest BCUT2D eigenvalue weighted by Crippen LogP contribution is 2.33. The van der Waals surface area contributed by atoms with Crippen molar-refractivity contribution < 1.29 is 0 Å². The Balaban J connectivity index is 0.000000149. The van der Waals surface area contributed by atoms with Gasteiger partial charge in [0.05, 0.1) is 0 Å². The lowest BCUT2D eigenvalue weighted by molar-refractivity contribution is 0.690. The summed E-state index contributed by atoms with van der Waals surface area (Å²) in [4.78, 5) is 0. The molecule has 6 rings (SSSR count). The molecular weight excluding hydrogens is 326 g/mol. The van der Waals surface area contributed by atoms with Gasteiger partial charge in [-0.15, -0.1) is 0 Å². The third-order valence-corrected chi connectivity index (χ3v) is 5.98. The summed E-state index contributed by atoms with van der Waals surface area (Å²) in [6, 6.07) is 26.4. The Morgan fingerprint density at radius 2 is 1.37 bits per heavy atom. The Morgan fingerprint density at radius 1 is 0.556 bits per heavy atom. The van der Waals surface area contributed by atoms with Gasteiger partial charge in [-0.25, -0.2) is 0 Å². The summed E-state index contributed by atoms with van der Waals surface area (Å²) in [6.07, 6.45) is 6.41. The number of fused-ring (bicyclic) bond motifs is 6. The second-order valence-electron chi connectivity index (χ2n) is 7.63. The van der Waals surface area contributed by atoms with E-state index in [1.807, 2.05) is 0 Å². The van der Waals surface area contributed by atoms with Crippen molar-refractivity contribution in [2.45, 2.75) is 32.1 Å². The van der Waals surface area contributed by atoms with Crippen molar-refractivity contribution >= 4 is 27.2 Å². The molecule has 0 saturated carbocycles. The molecule has 0 fully saturated rings. The smallest absolute Gasteiger partial charge is 0.0373 e. The van der Waals surface area contributed by atoms with Crippen LogP contribution in [0.3, 0.4) is 0 Å². The van der Waals surface area contributed by atoms with Crippen LogP contribution >= 0.6 is 0 Å². The molecule has 0 aromatic heterocycles. The van der Waals surface area contributed by atoms with Gasteiger partial charge in [0.15, 0.2) is 0 Å². The van der Waals surface area contributed by atoms with E-state index < -0.39 is 0 Å². The molecule has 0 bridgehead atoms. The van der Waals surface area contributed by atoms with E-state index in [0.717, 1.165) is 6.54 Å². The molecule has 0 amide bonds. The maximum atomic E-state index is 3.30. The largest absolute Gasteiger partial charge is 0.384 e. The monoisotopic (exact) mass is 351 g/mol. The van der Waals surface area contributed by atoms with Crippen molar-refractivity contribution in [1.82, 2.24) is 0 Å². The number of benzene rings is 4. The van der Waals surface area contributed by atoms with Gasteiger partial charge in [0.1, 0.15) is 0 Å². The second-order valence-corrected chi connectivity index (χ2v) is 7.63. The van der Waals surface area contributed by atoms with E-state index >= 15 is 0 Å². The van der Waals surface area contributed by atoms with Gasteiger partial charge in [-0.3, -0.25) is 0 Å². The number of nitrogens with one attached hydrogen (secondary N) is 1. The van der Waals surface area contributed by atoms with Crippen LogP contribution in [0.25, 0.3) is 21.5 Å². The Morgan fingerprint density at radius 3 is 2.33 bits per heavy atom. The zero-order chi connectivity index (χ0) is 18.1. The first-order chi connectivity index (χ1) is 13.4. The predicted octanol–water partition coefficient (Wildman–Crippen LogP) is 6.53. The van der Waals surface area contributed by atoms with Crippen molar-refractivity contribution in [1.29, 1.82) is 0 Å². The summed E-state index contributed by atoms with van der Waals surface area (Å²) in [5.74, 6) is 0. The van der Waals surface area contributed by atoms with Crippen LogP contribution in [0.5, 0.6) is 0 Å². The Labute approximate surface area is 161 Å². The third-order valence-electron chi connectivity index (χ3n) is 5.98. The van der Waals surface area contributed by atoms with Crippen molar-refractivity contribution in [3.05, 3.63) is 89.5 Å². The van der Waals surface area contributed by atoms with Crippen LogP contribution < -0.4 is 5.32 Å². The minimum absolute atomic E-state index is 1.11. The van der Waals surface area contributed by atoms with Gasteiger partial charge in [-0.2, -0.15) is 0 Å². The number of rotatable bonds is 0. The third kappa shape index (κ3) is 3.08. The van der Waals surface area contributed by atoms with E-state index in [9.17, 15) is 0 Å². The highest BCUT2D eigenvalue weighted by Gasteiger charge is 2.13. The van der Waals surface area contributed by atoms with Crippen LogP contribution in [0.1, 0.15) is 29.5 Å². The summed E-state index contributed by atoms with van der Waals surface area (Å²) in [5.41, 5.74) is 5.95. The first kappa shape index (κ1) is 16.4. The highest BCUT2D eigenvalue weighted by molar-refractivity contribution is 6.08. The average Bonchev–Trinajstić information content (AvgIpc) is 3.23. The summed E-state index contributed by atoms with van der Waals surface area (Å²) in [5, 5.41) is 8.94. The number of aryl methyl sites for hydroxylation is 2. The first-order valence-electron chi connectivity index (χ1n) is 10.1. The number of hydrogen-bond acceptors (Lipinski definition) is 1. The van der Waals surface area contributed by atoms with Gasteiger partial charge < -0.3 is 5.32 Å². The van der Waals surface area contributed by atoms with Gasteiger partial charge in [0, 0.05) is 12.2 Å². The summed E-state index contributed by atoms with van der Waals surface area (Å²) < 4.78 is 0. The topological polar surface area (TPSA) is 12.0 Å². The van der Waals surface area contributed by atoms with E-state index in [2.05, 4.69) is 78.1 Å². The van der Waals surface area contributed by atoms with Crippen LogP contribution in [0.2, 0.25) is 0 Å². The lowest BCUT2D eigenvalue weighted by Crippen LogP contribution is -2.02. The van der Waals surface area contributed by atoms with E-state index in [1.165, 1.54) is 64.9 Å². The molecule has 0 spiro atoms. The molecule has 2 aliphatic rings. The van der Waals surface area contributed by atoms with Crippen molar-refractivity contribution in [2.24, 2.45) is 0 Å². The SMILES string of the molecule is c1ccc2c(c1)CCN2.c1ccc2c(c1)ccc1c3c(ccc12)CCCC3. The van der Waals surface area contributed by atoms with Crippen LogP contribution in [0, 0.1) is 0 Å². The lowest BCUT2D eigenvalue weighted by Gasteiger charge is -2.18. The van der Waals surface area contributed by atoms with Crippen LogP contribution in [-0.2, 0) is 19.3 Å². The van der Waals surface area contributed by atoms with Gasteiger partial charge in [0.25, 0.3) is 0 Å². The molecule has 0 unspecified atom stereocenters. The van der Waals surface area contributed by atoms with Crippen molar-refractivity contribution in [3.8, 4) is 0 Å². The van der Waals surface area contributed by atoms with E-state index in [-0.39, 0.29) is 0 Å². The Kier molecular flexibility index (Phi) is 4.29. The minimum atomic E-state index is 1.11. The van der Waals surface area contributed by atoms with Crippen molar-refractivity contribution in [3.63, 3.8) is 0 Å². The maximum Gasteiger partial charge on any atom is 0.0373 e. The van der Waals surface area contributed by atoms with Gasteiger partial charge >= 0.3 is 0 Å². The molecule has 4 aromatic carbocycles. The number of para-hydroxylation sites is 1. The normalized spacial score (nSPS) is 14.8. The molecule has 0 radical (unpaired) electrons. The zero-order valence-corrected chi connectivity index (χ0v) is 15.7. The van der Waals surface area contributed by atoms with Crippen LogP contribution in [0.15, 0.2) is 72.8 Å². The average molecular weight is 351 g/mol. The lowest BCUT2D eigenvalue weighted by atomic mass is 9.86. The fraction of sp³-hybridized carbons (Fsp3) is 0.231. The van der Waals surface area contributed by atoms with E-state index in [0.29, 0.717) is 0 Å². The molecular formula is C26H25N. The summed E-state index contributed by atoms with van der Waals surface area (Å²) in [7, 11) is 0. The van der Waals surface area contributed by atoms with Crippen molar-refractivity contribution in [2.75, 3.05) is 11.9 Å². The molecule has 1 heteroatoms. The molecule has 134 valence electrons. The first-order valence-corrected chi connectivity index (χ1v) is 10.1. The van der Waals surface area contributed by atoms with Gasteiger partial charge in [0.2, 0.25) is 0 Å². The molecule has 0 atom stereocenters. The second kappa shape index (κ2) is 7.08. The number of hydrogen-bond donors (Lipinski definition) is 1. The molecule has 1 nitrogen and oxygen atoms in total. The van der Waals surface area contributed by atoms with Gasteiger partial charge in [-0.1, -0.05) is 66.7 Å². The molecule has 27 heavy (non-hydrogen) atoms. The fourth-order valence-electron chi connectivity index (χ4n) is 4.59.